The fourth-order valence-electron chi connectivity index (χ4n) is 1.44. The average Bonchev–Trinajstić information content (AvgIpc) is 2.77. The summed E-state index contributed by atoms with van der Waals surface area (Å²) >= 11 is 6.93. The summed E-state index contributed by atoms with van der Waals surface area (Å²) in [6, 6.07) is 4.66. The summed E-state index contributed by atoms with van der Waals surface area (Å²) in [5.41, 5.74) is -0.301. The van der Waals surface area contributed by atoms with Crippen LogP contribution in [-0.4, -0.2) is 17.0 Å². The molecular weight excluding hydrogens is 293 g/mol. The zero-order chi connectivity index (χ0) is 14.0. The molecule has 0 fully saturated rings. The SMILES string of the molecule is O=C(O)c1cc(F)ccc1NC(=O)c1sccc1Cl. The van der Waals surface area contributed by atoms with E-state index in [9.17, 15) is 14.0 Å². The van der Waals surface area contributed by atoms with E-state index in [0.717, 1.165) is 23.5 Å². The second-order valence-corrected chi connectivity index (χ2v) is 4.87. The molecule has 2 N–H and O–H groups in total. The number of rotatable bonds is 3. The molecule has 0 spiro atoms. The third kappa shape index (κ3) is 2.91. The third-order valence-corrected chi connectivity index (χ3v) is 3.62. The normalized spacial score (nSPS) is 10.2. The van der Waals surface area contributed by atoms with Crippen molar-refractivity contribution in [1.29, 1.82) is 0 Å². The molecule has 19 heavy (non-hydrogen) atoms. The van der Waals surface area contributed by atoms with Gasteiger partial charge in [-0.25, -0.2) is 9.18 Å². The van der Waals surface area contributed by atoms with Gasteiger partial charge in [0.2, 0.25) is 0 Å². The Kier molecular flexibility index (Phi) is 3.82. The fraction of sp³-hybridized carbons (Fsp3) is 0. The highest BCUT2D eigenvalue weighted by molar-refractivity contribution is 7.12. The van der Waals surface area contributed by atoms with Crippen LogP contribution < -0.4 is 5.32 Å². The number of benzene rings is 1. The summed E-state index contributed by atoms with van der Waals surface area (Å²) in [5.74, 6) is -2.55. The molecule has 0 saturated carbocycles. The summed E-state index contributed by atoms with van der Waals surface area (Å²) in [4.78, 5) is 23.1. The number of halogens is 2. The van der Waals surface area contributed by atoms with Gasteiger partial charge in [0, 0.05) is 0 Å². The van der Waals surface area contributed by atoms with E-state index in [1.165, 1.54) is 6.07 Å². The minimum atomic E-state index is -1.33. The predicted molar refractivity (Wildman–Crippen MR) is 70.6 cm³/mol. The number of anilines is 1. The van der Waals surface area contributed by atoms with Crippen molar-refractivity contribution < 1.29 is 19.1 Å². The van der Waals surface area contributed by atoms with E-state index in [1.54, 1.807) is 11.4 Å². The van der Waals surface area contributed by atoms with Crippen molar-refractivity contribution in [2.24, 2.45) is 0 Å². The van der Waals surface area contributed by atoms with Gasteiger partial charge in [0.15, 0.2) is 0 Å². The number of thiophene rings is 1. The number of hydrogen-bond donors (Lipinski definition) is 2. The zero-order valence-corrected chi connectivity index (χ0v) is 10.9. The van der Waals surface area contributed by atoms with Gasteiger partial charge in [-0.3, -0.25) is 4.79 Å². The summed E-state index contributed by atoms with van der Waals surface area (Å²) in [5, 5.41) is 13.3. The van der Waals surface area contributed by atoms with E-state index >= 15 is 0 Å². The lowest BCUT2D eigenvalue weighted by Gasteiger charge is -2.07. The standard InChI is InChI=1S/C12H7ClFNO3S/c13-8-3-4-19-10(8)11(16)15-9-2-1-6(14)5-7(9)12(17)18/h1-5H,(H,15,16)(H,17,18). The molecule has 1 heterocycles. The Morgan fingerprint density at radius 2 is 2.05 bits per heavy atom. The molecule has 1 aromatic heterocycles. The molecule has 0 aliphatic rings. The monoisotopic (exact) mass is 299 g/mol. The van der Waals surface area contributed by atoms with Gasteiger partial charge in [-0.15, -0.1) is 11.3 Å². The Bertz CT molecular complexity index is 656. The van der Waals surface area contributed by atoms with Gasteiger partial charge < -0.3 is 10.4 Å². The van der Waals surface area contributed by atoms with Crippen LogP contribution in [0.4, 0.5) is 10.1 Å². The minimum Gasteiger partial charge on any atom is -0.478 e. The number of aromatic carboxylic acids is 1. The van der Waals surface area contributed by atoms with E-state index in [1.807, 2.05) is 0 Å². The first-order chi connectivity index (χ1) is 8.99. The quantitative estimate of drug-likeness (QED) is 0.911. The molecule has 4 nitrogen and oxygen atoms in total. The maximum Gasteiger partial charge on any atom is 0.337 e. The van der Waals surface area contributed by atoms with E-state index in [0.29, 0.717) is 0 Å². The molecule has 0 radical (unpaired) electrons. The van der Waals surface area contributed by atoms with Crippen LogP contribution >= 0.6 is 22.9 Å². The molecule has 0 bridgehead atoms. The molecule has 1 amide bonds. The van der Waals surface area contributed by atoms with Gasteiger partial charge in [-0.2, -0.15) is 0 Å². The van der Waals surface area contributed by atoms with Gasteiger partial charge in [0.05, 0.1) is 16.3 Å². The van der Waals surface area contributed by atoms with Crippen LogP contribution in [-0.2, 0) is 0 Å². The van der Waals surface area contributed by atoms with Gasteiger partial charge in [-0.1, -0.05) is 11.6 Å². The third-order valence-electron chi connectivity index (χ3n) is 2.28. The van der Waals surface area contributed by atoms with Crippen molar-refractivity contribution >= 4 is 40.5 Å². The molecule has 98 valence electrons. The molecule has 0 aliphatic carbocycles. The first-order valence-corrected chi connectivity index (χ1v) is 6.32. The number of hydrogen-bond acceptors (Lipinski definition) is 3. The van der Waals surface area contributed by atoms with E-state index in [2.05, 4.69) is 5.32 Å². The molecule has 7 heteroatoms. The van der Waals surface area contributed by atoms with Crippen LogP contribution in [0.1, 0.15) is 20.0 Å². The van der Waals surface area contributed by atoms with E-state index < -0.39 is 17.7 Å². The maximum absolute atomic E-state index is 13.0. The second kappa shape index (κ2) is 5.38. The summed E-state index contributed by atoms with van der Waals surface area (Å²) in [6.45, 7) is 0. The summed E-state index contributed by atoms with van der Waals surface area (Å²) in [6.07, 6.45) is 0. The molecule has 0 saturated heterocycles. The van der Waals surface area contributed by atoms with Crippen LogP contribution in [0.5, 0.6) is 0 Å². The highest BCUT2D eigenvalue weighted by Crippen LogP contribution is 2.24. The van der Waals surface area contributed by atoms with Crippen LogP contribution in [0.3, 0.4) is 0 Å². The largest absolute Gasteiger partial charge is 0.478 e. The second-order valence-electron chi connectivity index (χ2n) is 3.55. The maximum atomic E-state index is 13.0. The Morgan fingerprint density at radius 1 is 1.32 bits per heavy atom. The lowest BCUT2D eigenvalue weighted by molar-refractivity contribution is 0.0697. The van der Waals surface area contributed by atoms with Crippen molar-refractivity contribution in [1.82, 2.24) is 0 Å². The van der Waals surface area contributed by atoms with Crippen molar-refractivity contribution in [3.8, 4) is 0 Å². The number of carbonyl (C=O) groups excluding carboxylic acids is 1. The molecule has 0 atom stereocenters. The number of carboxylic acid groups (broad SMARTS) is 1. The Hall–Kier alpha value is -1.92. The molecular formula is C12H7ClFNO3S. The van der Waals surface area contributed by atoms with Crippen molar-refractivity contribution in [3.05, 3.63) is 50.9 Å². The van der Waals surface area contributed by atoms with E-state index in [-0.39, 0.29) is 21.2 Å². The fourth-order valence-corrected chi connectivity index (χ4v) is 2.47. The topological polar surface area (TPSA) is 66.4 Å². The molecule has 1 aromatic carbocycles. The van der Waals surface area contributed by atoms with Crippen LogP contribution in [0.15, 0.2) is 29.6 Å². The van der Waals surface area contributed by atoms with Gasteiger partial charge in [0.25, 0.3) is 5.91 Å². The Balaban J connectivity index is 2.32. The number of carbonyl (C=O) groups is 2. The Labute approximate surface area is 116 Å². The average molecular weight is 300 g/mol. The summed E-state index contributed by atoms with van der Waals surface area (Å²) in [7, 11) is 0. The molecule has 0 unspecified atom stereocenters. The zero-order valence-electron chi connectivity index (χ0n) is 9.31. The lowest BCUT2D eigenvalue weighted by atomic mass is 10.1. The van der Waals surface area contributed by atoms with Crippen molar-refractivity contribution in [2.75, 3.05) is 5.32 Å². The molecule has 2 aromatic rings. The molecule has 0 aliphatic heterocycles. The lowest BCUT2D eigenvalue weighted by Crippen LogP contribution is -2.14. The number of carboxylic acids is 1. The van der Waals surface area contributed by atoms with Crippen molar-refractivity contribution in [3.63, 3.8) is 0 Å². The number of nitrogens with one attached hydrogen (secondary N) is 1. The van der Waals surface area contributed by atoms with Gasteiger partial charge in [0.1, 0.15) is 10.7 Å². The van der Waals surface area contributed by atoms with Crippen molar-refractivity contribution in [2.45, 2.75) is 0 Å². The van der Waals surface area contributed by atoms with Gasteiger partial charge >= 0.3 is 5.97 Å². The van der Waals surface area contributed by atoms with Crippen LogP contribution in [0.25, 0.3) is 0 Å². The van der Waals surface area contributed by atoms with E-state index in [4.69, 9.17) is 16.7 Å². The highest BCUT2D eigenvalue weighted by Gasteiger charge is 2.17. The van der Waals surface area contributed by atoms with Gasteiger partial charge in [-0.05, 0) is 29.6 Å². The smallest absolute Gasteiger partial charge is 0.337 e. The van der Waals surface area contributed by atoms with Crippen LogP contribution in [0.2, 0.25) is 5.02 Å². The predicted octanol–water partition coefficient (Wildman–Crippen LogP) is 3.49. The summed E-state index contributed by atoms with van der Waals surface area (Å²) < 4.78 is 13.0. The highest BCUT2D eigenvalue weighted by atomic mass is 35.5. The Morgan fingerprint density at radius 3 is 2.63 bits per heavy atom. The molecule has 2 rings (SSSR count). The first kappa shape index (κ1) is 13.5. The first-order valence-electron chi connectivity index (χ1n) is 5.06. The van der Waals surface area contributed by atoms with Crippen LogP contribution in [0, 0.1) is 5.82 Å². The number of amides is 1. The minimum absolute atomic E-state index is 0.0170.